The molecule has 0 saturated heterocycles. The quantitative estimate of drug-likeness (QED) is 0.774. The number of nitrogens with one attached hydrogen (secondary N) is 1. The maximum Gasteiger partial charge on any atom is 0.348 e. The third-order valence-electron chi connectivity index (χ3n) is 3.33. The fourth-order valence-electron chi connectivity index (χ4n) is 2.17. The zero-order valence-corrected chi connectivity index (χ0v) is 14.9. The number of hydrogen-bond donors (Lipinski definition) is 1. The smallest absolute Gasteiger partial charge is 0.348 e. The zero-order valence-electron chi connectivity index (χ0n) is 14.0. The first-order valence-corrected chi connectivity index (χ1v) is 8.64. The number of carbonyl (C=O) groups is 2. The van der Waals surface area contributed by atoms with Crippen LogP contribution < -0.4 is 10.1 Å². The molecular weight excluding hydrogens is 326 g/mol. The molecule has 1 aromatic heterocycles. The molecule has 6 heteroatoms. The van der Waals surface area contributed by atoms with Crippen molar-refractivity contribution >= 4 is 28.9 Å². The highest BCUT2D eigenvalue weighted by Gasteiger charge is 2.14. The summed E-state index contributed by atoms with van der Waals surface area (Å²) in [5, 5.41) is 2.68. The lowest BCUT2D eigenvalue weighted by atomic mass is 10.2. The number of ether oxygens (including phenoxy) is 2. The summed E-state index contributed by atoms with van der Waals surface area (Å²) in [4.78, 5) is 25.5. The van der Waals surface area contributed by atoms with Gasteiger partial charge >= 0.3 is 5.97 Å². The summed E-state index contributed by atoms with van der Waals surface area (Å²) in [6, 6.07) is 8.82. The van der Waals surface area contributed by atoms with Crippen molar-refractivity contribution in [3.8, 4) is 5.75 Å². The number of anilines is 1. The number of hydrogen-bond acceptors (Lipinski definition) is 5. The number of carbonyl (C=O) groups excluding carboxylic acids is 2. The van der Waals surface area contributed by atoms with E-state index in [4.69, 9.17) is 9.47 Å². The summed E-state index contributed by atoms with van der Waals surface area (Å²) < 4.78 is 10.4. The molecule has 1 aromatic carbocycles. The second-order valence-electron chi connectivity index (χ2n) is 5.15. The zero-order chi connectivity index (χ0) is 17.5. The van der Waals surface area contributed by atoms with Crippen LogP contribution in [-0.4, -0.2) is 25.1 Å². The van der Waals surface area contributed by atoms with Crippen LogP contribution >= 0.6 is 11.3 Å². The lowest BCUT2D eigenvalue weighted by Gasteiger charge is -2.07. The molecule has 1 heterocycles. The van der Waals surface area contributed by atoms with E-state index >= 15 is 0 Å². The minimum Gasteiger partial charge on any atom is -0.494 e. The number of benzene rings is 1. The average Bonchev–Trinajstić information content (AvgIpc) is 2.96. The van der Waals surface area contributed by atoms with Crippen LogP contribution in [-0.2, 0) is 16.0 Å². The fraction of sp³-hybridized carbons (Fsp3) is 0.333. The Morgan fingerprint density at radius 3 is 2.46 bits per heavy atom. The van der Waals surface area contributed by atoms with Crippen molar-refractivity contribution in [3.05, 3.63) is 45.6 Å². The topological polar surface area (TPSA) is 64.6 Å². The molecule has 0 aliphatic rings. The molecule has 0 saturated carbocycles. The third-order valence-corrected chi connectivity index (χ3v) is 4.69. The van der Waals surface area contributed by atoms with Gasteiger partial charge in [-0.25, -0.2) is 4.79 Å². The summed E-state index contributed by atoms with van der Waals surface area (Å²) in [6.45, 7) is 6.18. The lowest BCUT2D eigenvalue weighted by Crippen LogP contribution is -2.20. The molecule has 0 aliphatic carbocycles. The van der Waals surface area contributed by atoms with Gasteiger partial charge < -0.3 is 14.8 Å². The Kier molecular flexibility index (Phi) is 6.37. The van der Waals surface area contributed by atoms with E-state index in [-0.39, 0.29) is 12.5 Å². The third kappa shape index (κ3) is 4.83. The van der Waals surface area contributed by atoms with E-state index in [9.17, 15) is 9.59 Å². The molecule has 0 spiro atoms. The van der Waals surface area contributed by atoms with Crippen molar-refractivity contribution < 1.29 is 19.1 Å². The highest BCUT2D eigenvalue weighted by molar-refractivity contribution is 7.14. The van der Waals surface area contributed by atoms with E-state index in [2.05, 4.69) is 5.32 Å². The Bertz CT molecular complexity index is 706. The molecule has 2 rings (SSSR count). The summed E-state index contributed by atoms with van der Waals surface area (Å²) in [5.74, 6) is -0.108. The van der Waals surface area contributed by atoms with Crippen LogP contribution in [0.2, 0.25) is 0 Å². The van der Waals surface area contributed by atoms with Crippen LogP contribution in [0.25, 0.3) is 0 Å². The molecule has 128 valence electrons. The summed E-state index contributed by atoms with van der Waals surface area (Å²) >= 11 is 1.41. The number of esters is 1. The molecule has 2 aromatic rings. The summed E-state index contributed by atoms with van der Waals surface area (Å²) in [7, 11) is 0. The Morgan fingerprint density at radius 1 is 1.17 bits per heavy atom. The van der Waals surface area contributed by atoms with Gasteiger partial charge in [-0.15, -0.1) is 11.3 Å². The van der Waals surface area contributed by atoms with Gasteiger partial charge in [-0.2, -0.15) is 0 Å². The second-order valence-corrected chi connectivity index (χ2v) is 6.29. The van der Waals surface area contributed by atoms with Gasteiger partial charge in [0.15, 0.2) is 6.61 Å². The maximum absolute atomic E-state index is 12.0. The molecule has 0 atom stereocenters. The van der Waals surface area contributed by atoms with Gasteiger partial charge in [0.1, 0.15) is 10.6 Å². The molecule has 1 amide bonds. The van der Waals surface area contributed by atoms with Crippen LogP contribution in [0.5, 0.6) is 5.75 Å². The number of thiophene rings is 1. The Hall–Kier alpha value is -2.34. The summed E-state index contributed by atoms with van der Waals surface area (Å²) in [6.07, 6.45) is 0.877. The fourth-order valence-corrected chi connectivity index (χ4v) is 3.18. The van der Waals surface area contributed by atoms with E-state index < -0.39 is 5.97 Å². The van der Waals surface area contributed by atoms with Crippen molar-refractivity contribution in [2.75, 3.05) is 18.5 Å². The SMILES string of the molecule is CCOc1ccc(NC(=O)COC(=O)c2cc(C)c(CC)s2)cc1. The van der Waals surface area contributed by atoms with Crippen LogP contribution in [0.4, 0.5) is 5.69 Å². The van der Waals surface area contributed by atoms with Gasteiger partial charge in [0.05, 0.1) is 6.61 Å². The van der Waals surface area contributed by atoms with E-state index in [1.54, 1.807) is 30.3 Å². The highest BCUT2D eigenvalue weighted by atomic mass is 32.1. The minimum absolute atomic E-state index is 0.315. The normalized spacial score (nSPS) is 10.3. The molecular formula is C18H21NO4S. The molecule has 5 nitrogen and oxygen atoms in total. The average molecular weight is 347 g/mol. The summed E-state index contributed by atoms with van der Waals surface area (Å²) in [5.41, 5.74) is 1.70. The first kappa shape index (κ1) is 18.0. The Labute approximate surface area is 145 Å². The molecule has 0 unspecified atom stereocenters. The lowest BCUT2D eigenvalue weighted by molar-refractivity contribution is -0.119. The van der Waals surface area contributed by atoms with Crippen LogP contribution in [0.3, 0.4) is 0 Å². The monoisotopic (exact) mass is 347 g/mol. The van der Waals surface area contributed by atoms with Crippen molar-refractivity contribution in [1.82, 2.24) is 0 Å². The van der Waals surface area contributed by atoms with Crippen molar-refractivity contribution in [2.24, 2.45) is 0 Å². The molecule has 0 aliphatic heterocycles. The molecule has 0 fully saturated rings. The molecule has 1 N–H and O–H groups in total. The molecule has 0 bridgehead atoms. The van der Waals surface area contributed by atoms with Gasteiger partial charge in [-0.05, 0) is 56.2 Å². The van der Waals surface area contributed by atoms with Crippen molar-refractivity contribution in [2.45, 2.75) is 27.2 Å². The minimum atomic E-state index is -0.468. The van der Waals surface area contributed by atoms with Crippen LogP contribution in [0, 0.1) is 6.92 Å². The first-order chi connectivity index (χ1) is 11.5. The molecule has 0 radical (unpaired) electrons. The van der Waals surface area contributed by atoms with E-state index in [0.717, 1.165) is 22.6 Å². The second kappa shape index (κ2) is 8.49. The molecule has 24 heavy (non-hydrogen) atoms. The highest BCUT2D eigenvalue weighted by Crippen LogP contribution is 2.23. The Morgan fingerprint density at radius 2 is 1.88 bits per heavy atom. The number of rotatable bonds is 7. The standard InChI is InChI=1S/C18H21NO4S/c1-4-15-12(3)10-16(24-15)18(21)23-11-17(20)19-13-6-8-14(9-7-13)22-5-2/h6-10H,4-5,11H2,1-3H3,(H,19,20). The van der Waals surface area contributed by atoms with Crippen molar-refractivity contribution in [1.29, 1.82) is 0 Å². The predicted octanol–water partition coefficient (Wildman–Crippen LogP) is 3.81. The van der Waals surface area contributed by atoms with Gasteiger partial charge in [0, 0.05) is 10.6 Å². The first-order valence-electron chi connectivity index (χ1n) is 7.82. The van der Waals surface area contributed by atoms with E-state index in [1.807, 2.05) is 20.8 Å². The van der Waals surface area contributed by atoms with Gasteiger partial charge in [-0.3, -0.25) is 4.79 Å². The largest absolute Gasteiger partial charge is 0.494 e. The number of amides is 1. The Balaban J connectivity index is 1.84. The maximum atomic E-state index is 12.0. The number of aryl methyl sites for hydroxylation is 2. The van der Waals surface area contributed by atoms with Gasteiger partial charge in [-0.1, -0.05) is 6.92 Å². The van der Waals surface area contributed by atoms with Gasteiger partial charge in [0.2, 0.25) is 0 Å². The van der Waals surface area contributed by atoms with Crippen LogP contribution in [0.1, 0.15) is 34.0 Å². The van der Waals surface area contributed by atoms with Crippen molar-refractivity contribution in [3.63, 3.8) is 0 Å². The van der Waals surface area contributed by atoms with E-state index in [0.29, 0.717) is 17.2 Å². The predicted molar refractivity (Wildman–Crippen MR) is 95.0 cm³/mol. The van der Waals surface area contributed by atoms with Crippen LogP contribution in [0.15, 0.2) is 30.3 Å². The van der Waals surface area contributed by atoms with Gasteiger partial charge in [0.25, 0.3) is 5.91 Å². The van der Waals surface area contributed by atoms with E-state index in [1.165, 1.54) is 11.3 Å².